The van der Waals surface area contributed by atoms with Crippen LogP contribution < -0.4 is 5.32 Å². The lowest BCUT2D eigenvalue weighted by atomic mass is 9.80. The minimum absolute atomic E-state index is 0.0299. The van der Waals surface area contributed by atoms with Gasteiger partial charge in [0, 0.05) is 22.2 Å². The van der Waals surface area contributed by atoms with Gasteiger partial charge in [-0.1, -0.05) is 6.92 Å². The lowest BCUT2D eigenvalue weighted by molar-refractivity contribution is -0.0870. The topological polar surface area (TPSA) is 21.3 Å². The van der Waals surface area contributed by atoms with Crippen molar-refractivity contribution in [2.24, 2.45) is 0 Å². The van der Waals surface area contributed by atoms with Crippen molar-refractivity contribution in [2.45, 2.75) is 51.2 Å². The molecule has 0 aliphatic carbocycles. The third kappa shape index (κ3) is 1.94. The normalized spacial score (nSPS) is 32.7. The summed E-state index contributed by atoms with van der Waals surface area (Å²) in [7, 11) is 0. The zero-order valence-electron chi connectivity index (χ0n) is 10.7. The number of thiophene rings is 1. The summed E-state index contributed by atoms with van der Waals surface area (Å²) in [6.45, 7) is 6.50. The number of rotatable bonds is 1. The first-order valence-electron chi connectivity index (χ1n) is 6.73. The summed E-state index contributed by atoms with van der Waals surface area (Å²) < 4.78 is 6.23. The Kier molecular flexibility index (Phi) is 3.01. The van der Waals surface area contributed by atoms with Crippen molar-refractivity contribution >= 4 is 11.3 Å². The number of piperidine rings is 1. The Morgan fingerprint density at radius 3 is 3.24 bits per heavy atom. The molecule has 1 N–H and O–H groups in total. The van der Waals surface area contributed by atoms with Crippen molar-refractivity contribution in [3.05, 3.63) is 21.4 Å². The molecule has 2 nitrogen and oxygen atoms in total. The summed E-state index contributed by atoms with van der Waals surface area (Å²) in [6, 6.07) is 2.98. The Labute approximate surface area is 107 Å². The zero-order chi connectivity index (χ0) is 11.9. The molecule has 1 saturated heterocycles. The van der Waals surface area contributed by atoms with Gasteiger partial charge in [0.1, 0.15) is 0 Å². The maximum absolute atomic E-state index is 6.23. The summed E-state index contributed by atoms with van der Waals surface area (Å²) in [5, 5.41) is 3.53. The maximum Gasteiger partial charge on any atom is 0.0969 e. The van der Waals surface area contributed by atoms with E-state index in [0.717, 1.165) is 38.8 Å². The van der Waals surface area contributed by atoms with Crippen LogP contribution in [0.2, 0.25) is 0 Å². The zero-order valence-corrected chi connectivity index (χ0v) is 11.5. The van der Waals surface area contributed by atoms with E-state index in [2.05, 4.69) is 25.2 Å². The average molecular weight is 251 g/mol. The Balaban J connectivity index is 1.99. The number of nitrogens with one attached hydrogen (secondary N) is 1. The van der Waals surface area contributed by atoms with E-state index in [1.807, 2.05) is 11.3 Å². The summed E-state index contributed by atoms with van der Waals surface area (Å²) in [5.74, 6) is 0. The van der Waals surface area contributed by atoms with Crippen molar-refractivity contribution in [1.82, 2.24) is 5.32 Å². The first-order chi connectivity index (χ1) is 8.23. The van der Waals surface area contributed by atoms with Crippen molar-refractivity contribution in [3.63, 3.8) is 0 Å². The van der Waals surface area contributed by atoms with Gasteiger partial charge in [-0.3, -0.25) is 0 Å². The molecule has 1 aromatic heterocycles. The first-order valence-corrected chi connectivity index (χ1v) is 7.54. The van der Waals surface area contributed by atoms with E-state index < -0.39 is 0 Å². The molecule has 0 bridgehead atoms. The minimum atomic E-state index is 0.0299. The Hall–Kier alpha value is -0.380. The van der Waals surface area contributed by atoms with Crippen LogP contribution in [0.25, 0.3) is 0 Å². The van der Waals surface area contributed by atoms with E-state index in [9.17, 15) is 0 Å². The highest BCUT2D eigenvalue weighted by atomic mass is 32.1. The summed E-state index contributed by atoms with van der Waals surface area (Å²) in [6.07, 6.45) is 4.52. The van der Waals surface area contributed by atoms with Gasteiger partial charge in [0.2, 0.25) is 0 Å². The van der Waals surface area contributed by atoms with Crippen LogP contribution in [-0.2, 0) is 23.2 Å². The number of aryl methyl sites for hydroxylation is 1. The van der Waals surface area contributed by atoms with Gasteiger partial charge in [-0.2, -0.15) is 0 Å². The number of hydrogen-bond donors (Lipinski definition) is 1. The minimum Gasteiger partial charge on any atom is -0.370 e. The largest absolute Gasteiger partial charge is 0.370 e. The fraction of sp³-hybridized carbons (Fsp3) is 0.714. The molecule has 3 rings (SSSR count). The molecule has 1 aromatic rings. The molecule has 2 aliphatic rings. The van der Waals surface area contributed by atoms with Gasteiger partial charge < -0.3 is 10.1 Å². The fourth-order valence-electron chi connectivity index (χ4n) is 3.21. The van der Waals surface area contributed by atoms with E-state index in [1.165, 1.54) is 10.4 Å². The highest BCUT2D eigenvalue weighted by Gasteiger charge is 2.41. The van der Waals surface area contributed by atoms with Crippen molar-refractivity contribution in [3.8, 4) is 0 Å². The first kappa shape index (κ1) is 11.7. The third-order valence-electron chi connectivity index (χ3n) is 4.06. The Bertz CT molecular complexity index is 414. The van der Waals surface area contributed by atoms with Crippen LogP contribution in [0.15, 0.2) is 6.07 Å². The molecule has 0 amide bonds. The molecule has 3 heterocycles. The van der Waals surface area contributed by atoms with Crippen LogP contribution in [-0.4, -0.2) is 19.2 Å². The molecule has 0 unspecified atom stereocenters. The van der Waals surface area contributed by atoms with Crippen molar-refractivity contribution in [1.29, 1.82) is 0 Å². The van der Waals surface area contributed by atoms with Gasteiger partial charge in [0.15, 0.2) is 0 Å². The van der Waals surface area contributed by atoms with Crippen molar-refractivity contribution in [2.75, 3.05) is 13.2 Å². The van der Waals surface area contributed by atoms with Crippen LogP contribution in [0.4, 0.5) is 0 Å². The van der Waals surface area contributed by atoms with Gasteiger partial charge >= 0.3 is 0 Å². The number of hydrogen-bond acceptors (Lipinski definition) is 3. The quantitative estimate of drug-likeness (QED) is 0.828. The van der Waals surface area contributed by atoms with Crippen LogP contribution in [0.1, 0.15) is 42.0 Å². The second-order valence-electron chi connectivity index (χ2n) is 5.31. The van der Waals surface area contributed by atoms with Crippen molar-refractivity contribution < 1.29 is 4.74 Å². The SMILES string of the molecule is CCc1cc2c(s1)CCO[C@]21CCN[C@@H](C)C1. The molecule has 17 heavy (non-hydrogen) atoms. The van der Waals surface area contributed by atoms with E-state index in [0.29, 0.717) is 6.04 Å². The van der Waals surface area contributed by atoms with Gasteiger partial charge in [0.25, 0.3) is 0 Å². The highest BCUT2D eigenvalue weighted by Crippen LogP contribution is 2.44. The molecule has 94 valence electrons. The number of ether oxygens (including phenoxy) is 1. The van der Waals surface area contributed by atoms with Crippen LogP contribution in [0.3, 0.4) is 0 Å². The summed E-state index contributed by atoms with van der Waals surface area (Å²) >= 11 is 2.00. The predicted octanol–water partition coefficient (Wildman–Crippen LogP) is 2.85. The average Bonchev–Trinajstić information content (AvgIpc) is 2.74. The van der Waals surface area contributed by atoms with Gasteiger partial charge in [-0.25, -0.2) is 0 Å². The molecule has 1 spiro atoms. The molecule has 0 saturated carbocycles. The third-order valence-corrected chi connectivity index (χ3v) is 5.40. The lowest BCUT2D eigenvalue weighted by Crippen LogP contribution is -2.48. The fourth-order valence-corrected chi connectivity index (χ4v) is 4.39. The number of fused-ring (bicyclic) bond motifs is 2. The Morgan fingerprint density at radius 1 is 1.59 bits per heavy atom. The maximum atomic E-state index is 6.23. The van der Waals surface area contributed by atoms with Gasteiger partial charge in [-0.15, -0.1) is 11.3 Å². The van der Waals surface area contributed by atoms with Crippen LogP contribution in [0, 0.1) is 0 Å². The van der Waals surface area contributed by atoms with Crippen LogP contribution >= 0.6 is 11.3 Å². The molecule has 2 aliphatic heterocycles. The molecule has 2 atom stereocenters. The molecular weight excluding hydrogens is 230 g/mol. The molecule has 1 fully saturated rings. The monoisotopic (exact) mass is 251 g/mol. The second kappa shape index (κ2) is 4.38. The summed E-state index contributed by atoms with van der Waals surface area (Å²) in [4.78, 5) is 3.10. The van der Waals surface area contributed by atoms with E-state index >= 15 is 0 Å². The second-order valence-corrected chi connectivity index (χ2v) is 6.53. The lowest BCUT2D eigenvalue weighted by Gasteiger charge is -2.43. The molecule has 3 heteroatoms. The molecule has 0 radical (unpaired) electrons. The Morgan fingerprint density at radius 2 is 2.47 bits per heavy atom. The smallest absolute Gasteiger partial charge is 0.0969 e. The van der Waals surface area contributed by atoms with Gasteiger partial charge in [0.05, 0.1) is 12.2 Å². The molecular formula is C14H21NOS. The van der Waals surface area contributed by atoms with Gasteiger partial charge in [-0.05, 0) is 44.4 Å². The predicted molar refractivity (Wildman–Crippen MR) is 71.7 cm³/mol. The van der Waals surface area contributed by atoms with E-state index in [-0.39, 0.29) is 5.60 Å². The summed E-state index contributed by atoms with van der Waals surface area (Å²) in [5.41, 5.74) is 1.54. The standard InChI is InChI=1S/C14H21NOS/c1-3-11-8-12-13(17-11)4-7-16-14(12)5-6-15-10(2)9-14/h8,10,15H,3-7,9H2,1-2H3/t10-,14-/m0/s1. The molecule has 0 aromatic carbocycles. The highest BCUT2D eigenvalue weighted by molar-refractivity contribution is 7.12. The van der Waals surface area contributed by atoms with E-state index in [4.69, 9.17) is 4.74 Å². The van der Waals surface area contributed by atoms with E-state index in [1.54, 1.807) is 4.88 Å². The van der Waals surface area contributed by atoms with Crippen LogP contribution in [0.5, 0.6) is 0 Å².